The van der Waals surface area contributed by atoms with Crippen molar-refractivity contribution in [2.75, 3.05) is 12.0 Å². The van der Waals surface area contributed by atoms with Gasteiger partial charge in [-0.25, -0.2) is 9.59 Å². The standard InChI is InChI=1S/C21H25NO4/c1-15(19(23)25-5)22(20(24)26-21(2,3)4)18-14-10-9-13-17(18)16-11-7-6-8-12-16/h6-15H,1-5H3/t15-/m0/s1. The molecular weight excluding hydrogens is 330 g/mol. The Balaban J connectivity index is 2.56. The van der Waals surface area contributed by atoms with Crippen LogP contribution in [0.15, 0.2) is 54.6 Å². The number of para-hydroxylation sites is 1. The monoisotopic (exact) mass is 355 g/mol. The van der Waals surface area contributed by atoms with Gasteiger partial charge in [-0.05, 0) is 39.3 Å². The topological polar surface area (TPSA) is 55.8 Å². The second-order valence-corrected chi connectivity index (χ2v) is 6.93. The molecule has 5 nitrogen and oxygen atoms in total. The summed E-state index contributed by atoms with van der Waals surface area (Å²) < 4.78 is 10.4. The lowest BCUT2D eigenvalue weighted by Crippen LogP contribution is -2.46. The Morgan fingerprint density at radius 3 is 2.12 bits per heavy atom. The van der Waals surface area contributed by atoms with Crippen LogP contribution in [0.1, 0.15) is 27.7 Å². The van der Waals surface area contributed by atoms with Crippen molar-refractivity contribution in [3.63, 3.8) is 0 Å². The molecule has 0 bridgehead atoms. The first-order chi connectivity index (χ1) is 12.2. The van der Waals surface area contributed by atoms with E-state index in [0.29, 0.717) is 5.69 Å². The normalized spacial score (nSPS) is 12.2. The zero-order valence-corrected chi connectivity index (χ0v) is 15.9. The highest BCUT2D eigenvalue weighted by molar-refractivity contribution is 5.99. The average Bonchev–Trinajstić information content (AvgIpc) is 2.60. The number of nitrogens with zero attached hydrogens (tertiary/aromatic N) is 1. The third-order valence-corrected chi connectivity index (χ3v) is 3.77. The molecule has 0 N–H and O–H groups in total. The lowest BCUT2D eigenvalue weighted by Gasteiger charge is -2.31. The van der Waals surface area contributed by atoms with E-state index in [4.69, 9.17) is 9.47 Å². The molecule has 1 atom stereocenters. The molecule has 26 heavy (non-hydrogen) atoms. The molecule has 2 aromatic rings. The highest BCUT2D eigenvalue weighted by Crippen LogP contribution is 2.33. The number of amides is 1. The molecule has 0 fully saturated rings. The average molecular weight is 355 g/mol. The summed E-state index contributed by atoms with van der Waals surface area (Å²) in [6, 6.07) is 16.3. The summed E-state index contributed by atoms with van der Waals surface area (Å²) in [7, 11) is 1.30. The Kier molecular flexibility index (Phi) is 6.03. The number of hydrogen-bond donors (Lipinski definition) is 0. The van der Waals surface area contributed by atoms with Gasteiger partial charge in [-0.15, -0.1) is 0 Å². The van der Waals surface area contributed by atoms with Crippen molar-refractivity contribution < 1.29 is 19.1 Å². The third-order valence-electron chi connectivity index (χ3n) is 3.77. The molecular formula is C21H25NO4. The van der Waals surface area contributed by atoms with Crippen LogP contribution in [-0.4, -0.2) is 30.8 Å². The van der Waals surface area contributed by atoms with E-state index in [-0.39, 0.29) is 0 Å². The summed E-state index contributed by atoms with van der Waals surface area (Å²) in [5.41, 5.74) is 1.67. The smallest absolute Gasteiger partial charge is 0.415 e. The van der Waals surface area contributed by atoms with Crippen LogP contribution in [0.5, 0.6) is 0 Å². The van der Waals surface area contributed by atoms with Crippen LogP contribution in [0, 0.1) is 0 Å². The highest BCUT2D eigenvalue weighted by Gasteiger charge is 2.33. The molecule has 0 saturated carbocycles. The van der Waals surface area contributed by atoms with Gasteiger partial charge in [0.2, 0.25) is 0 Å². The van der Waals surface area contributed by atoms with Crippen molar-refractivity contribution in [2.45, 2.75) is 39.3 Å². The fourth-order valence-corrected chi connectivity index (χ4v) is 2.60. The fourth-order valence-electron chi connectivity index (χ4n) is 2.60. The maximum atomic E-state index is 12.9. The van der Waals surface area contributed by atoms with Crippen molar-refractivity contribution in [1.29, 1.82) is 0 Å². The zero-order chi connectivity index (χ0) is 19.3. The number of carbonyl (C=O) groups excluding carboxylic acids is 2. The number of benzene rings is 2. The van der Waals surface area contributed by atoms with E-state index in [1.54, 1.807) is 33.8 Å². The minimum Gasteiger partial charge on any atom is -0.467 e. The summed E-state index contributed by atoms with van der Waals surface area (Å²) in [5.74, 6) is -0.515. The molecule has 0 spiro atoms. The summed E-state index contributed by atoms with van der Waals surface area (Å²) in [6.07, 6.45) is -0.598. The van der Waals surface area contributed by atoms with Gasteiger partial charge in [0.25, 0.3) is 0 Å². The molecule has 0 aliphatic rings. The number of methoxy groups -OCH3 is 1. The first-order valence-corrected chi connectivity index (χ1v) is 8.49. The van der Waals surface area contributed by atoms with Gasteiger partial charge in [-0.1, -0.05) is 48.5 Å². The molecule has 0 aliphatic carbocycles. The van der Waals surface area contributed by atoms with Crippen molar-refractivity contribution in [2.24, 2.45) is 0 Å². The Labute approximate surface area is 154 Å². The molecule has 0 saturated heterocycles. The van der Waals surface area contributed by atoms with E-state index < -0.39 is 23.7 Å². The lowest BCUT2D eigenvalue weighted by atomic mass is 10.0. The second kappa shape index (κ2) is 8.04. The second-order valence-electron chi connectivity index (χ2n) is 6.93. The maximum Gasteiger partial charge on any atom is 0.415 e. The summed E-state index contributed by atoms with van der Waals surface area (Å²) in [6.45, 7) is 6.98. The first kappa shape index (κ1) is 19.5. The van der Waals surface area contributed by atoms with Gasteiger partial charge in [-0.3, -0.25) is 4.90 Å². The molecule has 1 amide bonds. The molecule has 2 rings (SSSR count). The van der Waals surface area contributed by atoms with Crippen molar-refractivity contribution in [1.82, 2.24) is 0 Å². The van der Waals surface area contributed by atoms with Crippen LogP contribution < -0.4 is 4.90 Å². The predicted octanol–water partition coefficient (Wildman–Crippen LogP) is 4.66. The van der Waals surface area contributed by atoms with Crippen LogP contribution in [0.2, 0.25) is 0 Å². The molecule has 0 aliphatic heterocycles. The predicted molar refractivity (Wildman–Crippen MR) is 102 cm³/mol. The van der Waals surface area contributed by atoms with Gasteiger partial charge in [0.1, 0.15) is 11.6 Å². The van der Waals surface area contributed by atoms with Gasteiger partial charge in [0, 0.05) is 5.56 Å². The Morgan fingerprint density at radius 1 is 0.962 bits per heavy atom. The van der Waals surface area contributed by atoms with Gasteiger partial charge >= 0.3 is 12.1 Å². The van der Waals surface area contributed by atoms with E-state index in [1.165, 1.54) is 12.0 Å². The van der Waals surface area contributed by atoms with Crippen molar-refractivity contribution in [3.05, 3.63) is 54.6 Å². The third kappa shape index (κ3) is 4.63. The van der Waals surface area contributed by atoms with E-state index >= 15 is 0 Å². The molecule has 138 valence electrons. The van der Waals surface area contributed by atoms with E-state index in [0.717, 1.165) is 11.1 Å². The number of esters is 1. The summed E-state index contributed by atoms with van der Waals surface area (Å²) in [4.78, 5) is 26.4. The Bertz CT molecular complexity index is 765. The highest BCUT2D eigenvalue weighted by atomic mass is 16.6. The molecule has 5 heteroatoms. The minimum atomic E-state index is -0.834. The minimum absolute atomic E-state index is 0.515. The fraction of sp³-hybridized carbons (Fsp3) is 0.333. The van der Waals surface area contributed by atoms with E-state index in [9.17, 15) is 9.59 Å². The van der Waals surface area contributed by atoms with Crippen LogP contribution in [0.25, 0.3) is 11.1 Å². The van der Waals surface area contributed by atoms with Gasteiger partial charge in [-0.2, -0.15) is 0 Å². The van der Waals surface area contributed by atoms with Crippen molar-refractivity contribution >= 4 is 17.7 Å². The van der Waals surface area contributed by atoms with Crippen LogP contribution in [-0.2, 0) is 14.3 Å². The molecule has 0 radical (unpaired) electrons. The first-order valence-electron chi connectivity index (χ1n) is 8.49. The number of ether oxygens (including phenoxy) is 2. The zero-order valence-electron chi connectivity index (χ0n) is 15.9. The van der Waals surface area contributed by atoms with Gasteiger partial charge in [0.05, 0.1) is 12.8 Å². The molecule has 0 aromatic heterocycles. The maximum absolute atomic E-state index is 12.9. The van der Waals surface area contributed by atoms with E-state index in [2.05, 4.69) is 0 Å². The number of rotatable bonds is 4. The van der Waals surface area contributed by atoms with Crippen LogP contribution in [0.4, 0.5) is 10.5 Å². The Hall–Kier alpha value is -2.82. The van der Waals surface area contributed by atoms with Crippen molar-refractivity contribution in [3.8, 4) is 11.1 Å². The largest absolute Gasteiger partial charge is 0.467 e. The molecule has 2 aromatic carbocycles. The SMILES string of the molecule is COC(=O)[C@H](C)N(C(=O)OC(C)(C)C)c1ccccc1-c1ccccc1. The number of carbonyl (C=O) groups is 2. The van der Waals surface area contributed by atoms with Crippen LogP contribution in [0.3, 0.4) is 0 Å². The van der Waals surface area contributed by atoms with E-state index in [1.807, 2.05) is 48.5 Å². The Morgan fingerprint density at radius 2 is 1.54 bits per heavy atom. The number of hydrogen-bond acceptors (Lipinski definition) is 4. The number of anilines is 1. The molecule has 0 unspecified atom stereocenters. The molecule has 0 heterocycles. The quantitative estimate of drug-likeness (QED) is 0.749. The lowest BCUT2D eigenvalue weighted by molar-refractivity contribution is -0.141. The van der Waals surface area contributed by atoms with Gasteiger partial charge in [0.15, 0.2) is 0 Å². The summed E-state index contributed by atoms with van der Waals surface area (Å²) in [5, 5.41) is 0. The summed E-state index contributed by atoms with van der Waals surface area (Å²) >= 11 is 0. The van der Waals surface area contributed by atoms with Crippen LogP contribution >= 0.6 is 0 Å². The van der Waals surface area contributed by atoms with Gasteiger partial charge < -0.3 is 9.47 Å².